The number of carbonyl (C=O) groups excluding carboxylic acids is 4. The van der Waals surface area contributed by atoms with Crippen LogP contribution in [0.25, 0.3) is 21.7 Å². The fraction of sp³-hybridized carbons (Fsp3) is 0.385. The average Bonchev–Trinajstić information content (AvgIpc) is 4.05. The van der Waals surface area contributed by atoms with Gasteiger partial charge in [0.1, 0.15) is 29.4 Å². The first-order valence-corrected chi connectivity index (χ1v) is 24.6. The van der Waals surface area contributed by atoms with Crippen molar-refractivity contribution in [2.24, 2.45) is 5.41 Å². The minimum Gasteiger partial charge on any atom is -0.491 e. The van der Waals surface area contributed by atoms with Gasteiger partial charge in [0.2, 0.25) is 5.91 Å². The Balaban J connectivity index is 0.867. The highest BCUT2D eigenvalue weighted by atomic mass is 32.1. The summed E-state index contributed by atoms with van der Waals surface area (Å²) >= 11 is 6.98. The van der Waals surface area contributed by atoms with Gasteiger partial charge in [0.05, 0.1) is 51.9 Å². The van der Waals surface area contributed by atoms with Gasteiger partial charge in [0.15, 0.2) is 34.4 Å². The number of benzene rings is 3. The van der Waals surface area contributed by atoms with Gasteiger partial charge in [-0.05, 0) is 100 Å². The molecule has 7 rings (SSSR count). The third kappa shape index (κ3) is 11.7. The topological polar surface area (TPSA) is 167 Å². The maximum atomic E-state index is 15.7. The number of anilines is 2. The molecule has 2 atom stereocenters. The Bertz CT molecular complexity index is 3010. The number of rotatable bonds is 17. The lowest BCUT2D eigenvalue weighted by Crippen LogP contribution is -2.53. The number of nitrogens with one attached hydrogen (secondary N) is 1. The summed E-state index contributed by atoms with van der Waals surface area (Å²) in [6.07, 6.45) is -3.50. The number of ether oxygens (including phenoxy) is 3. The van der Waals surface area contributed by atoms with Crippen LogP contribution in [0.4, 0.5) is 37.7 Å². The van der Waals surface area contributed by atoms with Crippen molar-refractivity contribution in [1.82, 2.24) is 20.2 Å². The van der Waals surface area contributed by atoms with Crippen LogP contribution in [-0.4, -0.2) is 87.7 Å². The molecule has 2 fully saturated rings. The first-order chi connectivity index (χ1) is 34.9. The largest absolute Gasteiger partial charge is 0.491 e. The highest BCUT2D eigenvalue weighted by molar-refractivity contribution is 7.81. The zero-order valence-electron chi connectivity index (χ0n) is 41.1. The molecule has 3 amide bonds. The lowest BCUT2D eigenvalue weighted by Gasteiger charge is -2.34. The number of halogens is 6. The van der Waals surface area contributed by atoms with Crippen LogP contribution in [-0.2, 0) is 41.4 Å². The quantitative estimate of drug-likeness (QED) is 0.0406. The maximum absolute atomic E-state index is 15.7. The molecular formula is C52H51F6N7O7S2. The van der Waals surface area contributed by atoms with Crippen molar-refractivity contribution in [2.45, 2.75) is 97.6 Å². The molecule has 2 saturated heterocycles. The average molecular weight is 1060 g/mol. The molecule has 5 aromatic rings. The van der Waals surface area contributed by atoms with Crippen LogP contribution < -0.4 is 19.9 Å². The van der Waals surface area contributed by atoms with Gasteiger partial charge in [-0.2, -0.15) is 18.4 Å². The molecule has 2 aliphatic heterocycles. The number of aryl methyl sites for hydroxylation is 1. The van der Waals surface area contributed by atoms with Crippen molar-refractivity contribution < 1.29 is 59.7 Å². The van der Waals surface area contributed by atoms with Crippen LogP contribution in [0.1, 0.15) is 82.7 Å². The number of likely N-dealkylation sites (tertiary alicyclic amines) is 1. The fourth-order valence-electron chi connectivity index (χ4n) is 8.60. The highest BCUT2D eigenvalue weighted by Crippen LogP contribution is 2.42. The van der Waals surface area contributed by atoms with Gasteiger partial charge in [0, 0.05) is 36.7 Å². The van der Waals surface area contributed by atoms with E-state index in [-0.39, 0.29) is 48.4 Å². The van der Waals surface area contributed by atoms with Gasteiger partial charge >= 0.3 is 12.1 Å². The molecule has 3 aromatic carbocycles. The number of unbranched alkanes of at least 4 members (excludes halogenated alkanes) is 1. The highest BCUT2D eigenvalue weighted by Gasteiger charge is 2.52. The number of aromatic nitrogens is 2. The van der Waals surface area contributed by atoms with Crippen LogP contribution in [0, 0.1) is 41.1 Å². The molecular weight excluding hydrogens is 1010 g/mol. The Morgan fingerprint density at radius 3 is 2.31 bits per heavy atom. The molecule has 0 saturated carbocycles. The van der Waals surface area contributed by atoms with Gasteiger partial charge < -0.3 is 29.3 Å². The van der Waals surface area contributed by atoms with Crippen LogP contribution in [0.2, 0.25) is 0 Å². The Morgan fingerprint density at radius 1 is 0.973 bits per heavy atom. The Hall–Kier alpha value is -6.96. The van der Waals surface area contributed by atoms with E-state index in [0.29, 0.717) is 37.1 Å². The van der Waals surface area contributed by atoms with Crippen molar-refractivity contribution in [1.29, 1.82) is 5.26 Å². The fourth-order valence-corrected chi connectivity index (χ4v) is 9.92. The number of hydrogen-bond donors (Lipinski definition) is 1. The molecule has 2 aliphatic rings. The molecule has 2 aromatic heterocycles. The van der Waals surface area contributed by atoms with Crippen LogP contribution in [0.15, 0.2) is 72.4 Å². The molecule has 74 heavy (non-hydrogen) atoms. The first-order valence-electron chi connectivity index (χ1n) is 23.4. The molecule has 1 N–H and O–H groups in total. The summed E-state index contributed by atoms with van der Waals surface area (Å²) in [6, 6.07) is 14.5. The summed E-state index contributed by atoms with van der Waals surface area (Å²) in [6.45, 7) is 10.2. The normalized spacial score (nSPS) is 16.1. The van der Waals surface area contributed by atoms with E-state index in [1.165, 1.54) is 36.9 Å². The molecule has 4 heterocycles. The maximum Gasteiger partial charge on any atom is 0.420 e. The number of amides is 3. The van der Waals surface area contributed by atoms with Crippen LogP contribution >= 0.6 is 23.6 Å². The van der Waals surface area contributed by atoms with E-state index in [1.54, 1.807) is 37.6 Å². The number of hydrogen-bond acceptors (Lipinski definition) is 12. The number of pyridine rings is 1. The molecule has 2 unspecified atom stereocenters. The van der Waals surface area contributed by atoms with E-state index in [0.717, 1.165) is 57.1 Å². The van der Waals surface area contributed by atoms with E-state index < -0.39 is 93.0 Å². The van der Waals surface area contributed by atoms with E-state index in [9.17, 15) is 32.3 Å². The van der Waals surface area contributed by atoms with Gasteiger partial charge in [0.25, 0.3) is 11.8 Å². The minimum atomic E-state index is -5.28. The summed E-state index contributed by atoms with van der Waals surface area (Å²) in [5, 5.41) is 11.6. The van der Waals surface area contributed by atoms with Crippen molar-refractivity contribution in [3.8, 4) is 33.5 Å². The standard InChI is InChI=1S/C52H51F6N7O7S2/c1-29-44(74-28-62-29)31-13-11-30(12-14-31)25-61-46(67)38-10-9-19-63(38)47(68)45(50(2,3)4)72-40(66)27-70-20-7-8-21-71-39-18-16-32(22-35(39)53)43-36(54)23-34(26-60-43)65-49(73)64(48(69)51(65,5)6)37-17-15-33(24-59)41(42(37)55)52(56,57)58/h11-18,22-23,26,28,38,45H,7-10,19-21,25,27H2,1-6H3,(H,61,67). The second-order valence-electron chi connectivity index (χ2n) is 19.1. The molecule has 22 heteroatoms. The summed E-state index contributed by atoms with van der Waals surface area (Å²) < 4.78 is 105. The number of carbonyl (C=O) groups is 4. The second kappa shape index (κ2) is 22.3. The van der Waals surface area contributed by atoms with Crippen LogP contribution in [0.3, 0.4) is 0 Å². The number of alkyl halides is 3. The second-order valence-corrected chi connectivity index (χ2v) is 20.4. The van der Waals surface area contributed by atoms with Gasteiger partial charge in [-0.3, -0.25) is 24.3 Å². The smallest absolute Gasteiger partial charge is 0.420 e. The lowest BCUT2D eigenvalue weighted by molar-refractivity contribution is -0.171. The lowest BCUT2D eigenvalue weighted by atomic mass is 9.88. The van der Waals surface area contributed by atoms with Crippen LogP contribution in [0.5, 0.6) is 5.75 Å². The predicted molar refractivity (Wildman–Crippen MR) is 266 cm³/mol. The number of esters is 1. The zero-order chi connectivity index (χ0) is 53.9. The summed E-state index contributed by atoms with van der Waals surface area (Å²) in [5.74, 6) is -6.33. The van der Waals surface area contributed by atoms with Crippen molar-refractivity contribution in [3.05, 3.63) is 112 Å². The van der Waals surface area contributed by atoms with Gasteiger partial charge in [-0.1, -0.05) is 45.0 Å². The number of nitriles is 1. The number of thiocarbonyl (C=S) groups is 1. The Labute approximate surface area is 432 Å². The minimum absolute atomic E-state index is 0.0110. The van der Waals surface area contributed by atoms with E-state index >= 15 is 13.2 Å². The number of nitrogens with zero attached hydrogens (tertiary/aromatic N) is 6. The monoisotopic (exact) mass is 1060 g/mol. The van der Waals surface area contributed by atoms with Gasteiger partial charge in [-0.25, -0.2) is 22.9 Å². The number of thiazole rings is 1. The SMILES string of the molecule is Cc1ncsc1-c1ccc(CNC(=O)C2CCCN2C(=O)C(OC(=O)COCCCCOc2ccc(-c3ncc(N4C(=S)N(c5ccc(C#N)c(C(F)(F)F)c5F)C(=O)C4(C)C)cc3F)cc2F)C(C)(C)C)cc1. The molecule has 0 radical (unpaired) electrons. The Kier molecular flexibility index (Phi) is 16.5. The van der Waals surface area contributed by atoms with E-state index in [1.807, 2.05) is 31.2 Å². The first kappa shape index (κ1) is 54.8. The third-order valence-corrected chi connectivity index (χ3v) is 13.8. The molecule has 0 aliphatic carbocycles. The van der Waals surface area contributed by atoms with Gasteiger partial charge in [-0.15, -0.1) is 11.3 Å². The Morgan fingerprint density at radius 2 is 1.68 bits per heavy atom. The predicted octanol–water partition coefficient (Wildman–Crippen LogP) is 9.85. The zero-order valence-corrected chi connectivity index (χ0v) is 42.7. The van der Waals surface area contributed by atoms with Crippen molar-refractivity contribution in [3.63, 3.8) is 0 Å². The third-order valence-electron chi connectivity index (χ3n) is 12.4. The van der Waals surface area contributed by atoms with Crippen molar-refractivity contribution >= 4 is 63.7 Å². The van der Waals surface area contributed by atoms with E-state index in [4.69, 9.17) is 31.7 Å². The van der Waals surface area contributed by atoms with E-state index in [2.05, 4.69) is 15.3 Å². The summed E-state index contributed by atoms with van der Waals surface area (Å²) in [7, 11) is 0. The summed E-state index contributed by atoms with van der Waals surface area (Å²) in [4.78, 5) is 66.4. The molecule has 14 nitrogen and oxygen atoms in total. The molecule has 0 spiro atoms. The molecule has 390 valence electrons. The van der Waals surface area contributed by atoms with Crippen molar-refractivity contribution in [2.75, 3.05) is 36.2 Å². The summed E-state index contributed by atoms with van der Waals surface area (Å²) in [5.41, 5.74) is -1.93. The molecule has 0 bridgehead atoms.